The van der Waals surface area contributed by atoms with E-state index in [2.05, 4.69) is 36.2 Å². The molecule has 1 N–H and O–H groups in total. The number of pyridine rings is 1. The number of amidine groups is 1. The Kier molecular flexibility index (Phi) is 4.75. The Balaban J connectivity index is 1.49. The lowest BCUT2D eigenvalue weighted by Gasteiger charge is -2.44. The van der Waals surface area contributed by atoms with E-state index in [9.17, 15) is 0 Å². The van der Waals surface area contributed by atoms with Gasteiger partial charge in [0.05, 0.1) is 5.69 Å². The summed E-state index contributed by atoms with van der Waals surface area (Å²) in [5, 5.41) is 3.10. The average Bonchev–Trinajstić information content (AvgIpc) is 2.70. The summed E-state index contributed by atoms with van der Waals surface area (Å²) in [5.41, 5.74) is 1.74. The van der Waals surface area contributed by atoms with Gasteiger partial charge in [0.1, 0.15) is 18.2 Å². The number of rotatable bonds is 3. The normalized spacial score (nSPS) is 24.7. The van der Waals surface area contributed by atoms with Crippen LogP contribution in [-0.2, 0) is 4.74 Å². The molecule has 0 aromatic carbocycles. The quantitative estimate of drug-likeness (QED) is 0.519. The molecule has 3 fully saturated rings. The first-order chi connectivity index (χ1) is 12.8. The first-order valence-electron chi connectivity index (χ1n) is 8.73. The maximum absolute atomic E-state index is 6.10. The van der Waals surface area contributed by atoms with Crippen molar-refractivity contribution in [2.24, 2.45) is 10.9 Å². The Hall–Kier alpha value is -2.98. The zero-order valence-electron chi connectivity index (χ0n) is 14.4. The highest BCUT2D eigenvalue weighted by Gasteiger charge is 2.36. The molecule has 5 rings (SSSR count). The predicted molar refractivity (Wildman–Crippen MR) is 99.2 cm³/mol. The molecule has 5 heterocycles. The fourth-order valence-corrected chi connectivity index (χ4v) is 3.55. The van der Waals surface area contributed by atoms with Crippen LogP contribution in [0.5, 0.6) is 0 Å². The van der Waals surface area contributed by atoms with Crippen LogP contribution in [0.2, 0.25) is 0 Å². The van der Waals surface area contributed by atoms with Gasteiger partial charge in [-0.25, -0.2) is 9.97 Å². The Morgan fingerprint density at radius 1 is 1.27 bits per heavy atom. The van der Waals surface area contributed by atoms with E-state index >= 15 is 0 Å². The van der Waals surface area contributed by atoms with Crippen molar-refractivity contribution in [1.82, 2.24) is 19.9 Å². The molecule has 0 amide bonds. The first kappa shape index (κ1) is 16.5. The number of piperidine rings is 3. The highest BCUT2D eigenvalue weighted by Crippen LogP contribution is 2.29. The molecule has 2 bridgehead atoms. The van der Waals surface area contributed by atoms with Crippen LogP contribution in [0.4, 0.5) is 5.82 Å². The molecule has 1 atom stereocenters. The van der Waals surface area contributed by atoms with Crippen molar-refractivity contribution in [3.63, 3.8) is 0 Å². The van der Waals surface area contributed by atoms with Crippen LogP contribution in [0.1, 0.15) is 12.8 Å². The van der Waals surface area contributed by atoms with Gasteiger partial charge >= 0.3 is 6.02 Å². The van der Waals surface area contributed by atoms with Gasteiger partial charge < -0.3 is 4.74 Å². The molecule has 3 aliphatic heterocycles. The molecule has 7 nitrogen and oxygen atoms in total. The molecule has 3 saturated heterocycles. The van der Waals surface area contributed by atoms with Crippen molar-refractivity contribution in [2.45, 2.75) is 18.9 Å². The summed E-state index contributed by atoms with van der Waals surface area (Å²) in [5.74, 6) is 1.14. The number of hydrogen-bond donors (Lipinski definition) is 1. The summed E-state index contributed by atoms with van der Waals surface area (Å²) in [6, 6.07) is 8.24. The van der Waals surface area contributed by atoms with Crippen LogP contribution in [0.15, 0.2) is 41.9 Å². The molecule has 132 valence electrons. The van der Waals surface area contributed by atoms with Gasteiger partial charge in [-0.2, -0.15) is 0 Å². The fraction of sp³-hybridized carbons (Fsp3) is 0.368. The van der Waals surface area contributed by atoms with E-state index in [4.69, 9.17) is 11.2 Å². The number of nitrogens with zero attached hydrogens (tertiary/aromatic N) is 5. The van der Waals surface area contributed by atoms with Gasteiger partial charge in [0.15, 0.2) is 0 Å². The van der Waals surface area contributed by atoms with Crippen molar-refractivity contribution < 1.29 is 4.74 Å². The summed E-state index contributed by atoms with van der Waals surface area (Å²) in [4.78, 5) is 19.0. The van der Waals surface area contributed by atoms with E-state index in [0.717, 1.165) is 43.7 Å². The lowest BCUT2D eigenvalue weighted by molar-refractivity contribution is -0.0145. The van der Waals surface area contributed by atoms with E-state index < -0.39 is 0 Å². The second-order valence-corrected chi connectivity index (χ2v) is 6.49. The Morgan fingerprint density at radius 3 is 2.77 bits per heavy atom. The van der Waals surface area contributed by atoms with Gasteiger partial charge in [0.25, 0.3) is 0 Å². The zero-order chi connectivity index (χ0) is 17.8. The number of aromatic nitrogens is 3. The van der Waals surface area contributed by atoms with Crippen molar-refractivity contribution >= 4 is 11.8 Å². The van der Waals surface area contributed by atoms with Gasteiger partial charge in [0, 0.05) is 36.6 Å². The SMILES string of the molecule is C#CN=C(Nc1cc(-c2ccncc2)ncn1)O[C@H]1CN2CCC1CC2. The van der Waals surface area contributed by atoms with Gasteiger partial charge in [-0.3, -0.25) is 15.2 Å². The second-order valence-electron chi connectivity index (χ2n) is 6.49. The van der Waals surface area contributed by atoms with E-state index in [0.29, 0.717) is 17.8 Å². The van der Waals surface area contributed by atoms with Crippen LogP contribution in [0, 0.1) is 18.4 Å². The number of aliphatic imine (C=N–C) groups is 1. The molecule has 0 unspecified atom stereocenters. The van der Waals surface area contributed by atoms with Crippen molar-refractivity contribution in [1.29, 1.82) is 0 Å². The zero-order valence-corrected chi connectivity index (χ0v) is 14.4. The molecule has 0 saturated carbocycles. The van der Waals surface area contributed by atoms with E-state index in [1.165, 1.54) is 6.33 Å². The molecule has 26 heavy (non-hydrogen) atoms. The number of ether oxygens (including phenoxy) is 1. The molecule has 2 aromatic rings. The van der Waals surface area contributed by atoms with Crippen molar-refractivity contribution in [2.75, 3.05) is 25.0 Å². The summed E-state index contributed by atoms with van der Waals surface area (Å²) in [6.45, 7) is 3.23. The standard InChI is InChI=1S/C19H20N6O/c1-2-21-19(26-17-12-25-9-5-15(17)6-10-25)24-18-11-16(22-13-23-18)14-3-7-20-8-4-14/h1,3-4,7-8,11,13,15,17H,5-6,9-10,12H2,(H,21,22,23,24)/t17-/m0/s1. The van der Waals surface area contributed by atoms with Gasteiger partial charge in [0.2, 0.25) is 0 Å². The highest BCUT2D eigenvalue weighted by molar-refractivity contribution is 5.89. The Labute approximate surface area is 152 Å². The summed E-state index contributed by atoms with van der Waals surface area (Å²) in [7, 11) is 0. The third-order valence-corrected chi connectivity index (χ3v) is 4.90. The minimum Gasteiger partial charge on any atom is -0.459 e. The van der Waals surface area contributed by atoms with Crippen LogP contribution in [0.25, 0.3) is 11.3 Å². The minimum atomic E-state index is 0.110. The second kappa shape index (κ2) is 7.50. The van der Waals surface area contributed by atoms with Crippen LogP contribution in [0.3, 0.4) is 0 Å². The molecular formula is C19H20N6O. The van der Waals surface area contributed by atoms with Crippen molar-refractivity contribution in [3.05, 3.63) is 36.9 Å². The maximum Gasteiger partial charge on any atom is 0.304 e. The fourth-order valence-electron chi connectivity index (χ4n) is 3.55. The predicted octanol–water partition coefficient (Wildman–Crippen LogP) is 2.01. The average molecular weight is 348 g/mol. The summed E-state index contributed by atoms with van der Waals surface area (Å²) >= 11 is 0. The molecule has 0 radical (unpaired) electrons. The smallest absolute Gasteiger partial charge is 0.304 e. The first-order valence-corrected chi connectivity index (χ1v) is 8.73. The monoisotopic (exact) mass is 348 g/mol. The number of nitrogens with one attached hydrogen (secondary N) is 1. The van der Waals surface area contributed by atoms with Crippen LogP contribution in [-0.4, -0.2) is 51.6 Å². The molecule has 3 aliphatic rings. The molecule has 0 aliphatic carbocycles. The van der Waals surface area contributed by atoms with Gasteiger partial charge in [-0.05, 0) is 44.0 Å². The van der Waals surface area contributed by atoms with E-state index in [-0.39, 0.29) is 6.10 Å². The number of fused-ring (bicyclic) bond motifs is 3. The van der Waals surface area contributed by atoms with Crippen molar-refractivity contribution in [3.8, 4) is 23.7 Å². The number of anilines is 1. The van der Waals surface area contributed by atoms with Crippen LogP contribution >= 0.6 is 0 Å². The maximum atomic E-state index is 6.10. The summed E-state index contributed by atoms with van der Waals surface area (Å²) in [6.07, 6.45) is 12.8. The lowest BCUT2D eigenvalue weighted by atomic mass is 9.86. The van der Waals surface area contributed by atoms with Crippen LogP contribution < -0.4 is 5.32 Å². The Morgan fingerprint density at radius 2 is 2.08 bits per heavy atom. The minimum absolute atomic E-state index is 0.110. The number of hydrogen-bond acceptors (Lipinski definition) is 6. The molecule has 0 spiro atoms. The molecule has 2 aromatic heterocycles. The summed E-state index contributed by atoms with van der Waals surface area (Å²) < 4.78 is 6.10. The van der Waals surface area contributed by atoms with E-state index in [1.54, 1.807) is 12.4 Å². The molecular weight excluding hydrogens is 328 g/mol. The lowest BCUT2D eigenvalue weighted by Crippen LogP contribution is -2.52. The largest absolute Gasteiger partial charge is 0.459 e. The molecule has 7 heteroatoms. The Bertz CT molecular complexity index is 823. The number of terminal acetylenes is 1. The third kappa shape index (κ3) is 3.65. The van der Waals surface area contributed by atoms with Gasteiger partial charge in [-0.1, -0.05) is 6.42 Å². The van der Waals surface area contributed by atoms with E-state index in [1.807, 2.05) is 18.2 Å². The topological polar surface area (TPSA) is 75.5 Å². The highest BCUT2D eigenvalue weighted by atomic mass is 16.5. The third-order valence-electron chi connectivity index (χ3n) is 4.90. The van der Waals surface area contributed by atoms with Gasteiger partial charge in [-0.15, -0.1) is 4.99 Å².